The second-order valence-electron chi connectivity index (χ2n) is 7.21. The Morgan fingerprint density at radius 1 is 1.07 bits per heavy atom. The number of hydrogen-bond acceptors (Lipinski definition) is 5. The van der Waals surface area contributed by atoms with Crippen LogP contribution >= 0.6 is 0 Å². The van der Waals surface area contributed by atoms with Gasteiger partial charge in [-0.05, 0) is 54.7 Å². The molecule has 29 heavy (non-hydrogen) atoms. The van der Waals surface area contributed by atoms with E-state index < -0.39 is 0 Å². The Labute approximate surface area is 172 Å². The van der Waals surface area contributed by atoms with Crippen molar-refractivity contribution in [1.82, 2.24) is 10.6 Å². The van der Waals surface area contributed by atoms with Crippen LogP contribution in [0.5, 0.6) is 11.5 Å². The van der Waals surface area contributed by atoms with Gasteiger partial charge in [0.1, 0.15) is 11.5 Å². The van der Waals surface area contributed by atoms with Crippen molar-refractivity contribution in [2.45, 2.75) is 31.4 Å². The lowest BCUT2D eigenvalue weighted by Crippen LogP contribution is -2.39. The summed E-state index contributed by atoms with van der Waals surface area (Å²) in [6.45, 7) is 1.80. The molecule has 6 heteroatoms. The Hall–Kier alpha value is -2.57. The quantitative estimate of drug-likeness (QED) is 0.644. The van der Waals surface area contributed by atoms with E-state index in [0.29, 0.717) is 13.0 Å². The number of ether oxygens (including phenoxy) is 3. The van der Waals surface area contributed by atoms with Crippen LogP contribution in [0.4, 0.5) is 0 Å². The molecule has 0 aromatic heterocycles. The molecule has 1 amide bonds. The van der Waals surface area contributed by atoms with Gasteiger partial charge in [-0.1, -0.05) is 24.3 Å². The van der Waals surface area contributed by atoms with Crippen LogP contribution < -0.4 is 20.1 Å². The first-order valence-electron chi connectivity index (χ1n) is 10.1. The van der Waals surface area contributed by atoms with Crippen molar-refractivity contribution in [3.63, 3.8) is 0 Å². The molecule has 1 heterocycles. The van der Waals surface area contributed by atoms with Gasteiger partial charge in [0.15, 0.2) is 0 Å². The molecule has 2 aromatic rings. The summed E-state index contributed by atoms with van der Waals surface area (Å²) >= 11 is 0. The summed E-state index contributed by atoms with van der Waals surface area (Å²) in [7, 11) is 3.30. The number of hydrogen-bond donors (Lipinski definition) is 2. The van der Waals surface area contributed by atoms with Gasteiger partial charge >= 0.3 is 0 Å². The lowest BCUT2D eigenvalue weighted by atomic mass is 9.98. The minimum Gasteiger partial charge on any atom is -0.497 e. The van der Waals surface area contributed by atoms with Crippen molar-refractivity contribution < 1.29 is 19.0 Å². The van der Waals surface area contributed by atoms with Crippen LogP contribution in [-0.2, 0) is 16.0 Å². The molecule has 1 aliphatic rings. The van der Waals surface area contributed by atoms with E-state index in [1.165, 1.54) is 0 Å². The average Bonchev–Trinajstić information content (AvgIpc) is 3.27. The molecule has 0 aliphatic carbocycles. The molecule has 6 nitrogen and oxygen atoms in total. The molecule has 1 fully saturated rings. The first-order chi connectivity index (χ1) is 14.2. The summed E-state index contributed by atoms with van der Waals surface area (Å²) in [5.41, 5.74) is 2.16. The third-order valence-electron chi connectivity index (χ3n) is 5.13. The maximum atomic E-state index is 12.6. The summed E-state index contributed by atoms with van der Waals surface area (Å²) < 4.78 is 16.1. The standard InChI is InChI=1S/C23H30N2O4/c1-27-19-9-5-17(6-10-19)14-22(18-7-11-20(28-2)12-8-18)25-23(26)16-24-15-21-4-3-13-29-21/h5-12,21-22,24H,3-4,13-16H2,1-2H3,(H,25,26). The summed E-state index contributed by atoms with van der Waals surface area (Å²) in [5, 5.41) is 6.37. The number of amides is 1. The minimum absolute atomic E-state index is 0.0303. The molecule has 1 saturated heterocycles. The molecule has 2 N–H and O–H groups in total. The minimum atomic E-state index is -0.133. The van der Waals surface area contributed by atoms with Gasteiger partial charge in [0.25, 0.3) is 0 Å². The topological polar surface area (TPSA) is 68.8 Å². The number of rotatable bonds is 10. The van der Waals surface area contributed by atoms with E-state index in [0.717, 1.165) is 42.1 Å². The molecule has 2 aromatic carbocycles. The van der Waals surface area contributed by atoms with E-state index in [2.05, 4.69) is 10.6 Å². The van der Waals surface area contributed by atoms with Crippen molar-refractivity contribution in [1.29, 1.82) is 0 Å². The fourth-order valence-corrected chi connectivity index (χ4v) is 3.48. The van der Waals surface area contributed by atoms with Crippen molar-refractivity contribution >= 4 is 5.91 Å². The smallest absolute Gasteiger partial charge is 0.234 e. The van der Waals surface area contributed by atoms with Crippen molar-refractivity contribution in [3.05, 3.63) is 59.7 Å². The molecular weight excluding hydrogens is 368 g/mol. The zero-order valence-corrected chi connectivity index (χ0v) is 17.1. The van der Waals surface area contributed by atoms with E-state index in [4.69, 9.17) is 14.2 Å². The lowest BCUT2D eigenvalue weighted by Gasteiger charge is -2.20. The van der Waals surface area contributed by atoms with E-state index in [-0.39, 0.29) is 24.6 Å². The first kappa shape index (κ1) is 21.1. The highest BCUT2D eigenvalue weighted by molar-refractivity contribution is 5.78. The van der Waals surface area contributed by atoms with Gasteiger partial charge in [-0.15, -0.1) is 0 Å². The second-order valence-corrected chi connectivity index (χ2v) is 7.21. The third-order valence-corrected chi connectivity index (χ3v) is 5.13. The number of methoxy groups -OCH3 is 2. The SMILES string of the molecule is COc1ccc(CC(NC(=O)CNCC2CCCO2)c2ccc(OC)cc2)cc1. The highest BCUT2D eigenvalue weighted by atomic mass is 16.5. The Morgan fingerprint density at radius 2 is 1.72 bits per heavy atom. The maximum Gasteiger partial charge on any atom is 0.234 e. The van der Waals surface area contributed by atoms with Gasteiger partial charge < -0.3 is 24.8 Å². The molecular formula is C23H30N2O4. The molecule has 2 atom stereocenters. The summed E-state index contributed by atoms with van der Waals surface area (Å²) in [6, 6.07) is 15.6. The third kappa shape index (κ3) is 6.48. The van der Waals surface area contributed by atoms with Crippen LogP contribution in [0.25, 0.3) is 0 Å². The maximum absolute atomic E-state index is 12.6. The lowest BCUT2D eigenvalue weighted by molar-refractivity contribution is -0.121. The highest BCUT2D eigenvalue weighted by Crippen LogP contribution is 2.22. The second kappa shape index (κ2) is 10.8. The molecule has 2 unspecified atom stereocenters. The van der Waals surface area contributed by atoms with Crippen LogP contribution in [0.1, 0.15) is 30.0 Å². The molecule has 0 radical (unpaired) electrons. The van der Waals surface area contributed by atoms with Gasteiger partial charge in [0.05, 0.1) is 32.9 Å². The van der Waals surface area contributed by atoms with Crippen LogP contribution in [0.15, 0.2) is 48.5 Å². The summed E-state index contributed by atoms with van der Waals surface area (Å²) in [5.74, 6) is 1.58. The zero-order chi connectivity index (χ0) is 20.5. The average molecular weight is 399 g/mol. The largest absolute Gasteiger partial charge is 0.497 e. The van der Waals surface area contributed by atoms with Crippen molar-refractivity contribution in [3.8, 4) is 11.5 Å². The Bertz CT molecular complexity index is 755. The summed E-state index contributed by atoms with van der Waals surface area (Å²) in [6.07, 6.45) is 3.06. The van der Waals surface area contributed by atoms with Crippen molar-refractivity contribution in [2.75, 3.05) is 33.9 Å². The van der Waals surface area contributed by atoms with Gasteiger partial charge in [-0.2, -0.15) is 0 Å². The monoisotopic (exact) mass is 398 g/mol. The number of carbonyl (C=O) groups is 1. The van der Waals surface area contributed by atoms with Gasteiger partial charge in [-0.3, -0.25) is 4.79 Å². The molecule has 156 valence electrons. The Morgan fingerprint density at radius 3 is 2.31 bits per heavy atom. The normalized spacial score (nSPS) is 17.0. The zero-order valence-electron chi connectivity index (χ0n) is 17.1. The predicted molar refractivity (Wildman–Crippen MR) is 112 cm³/mol. The number of carbonyl (C=O) groups excluding carboxylic acids is 1. The van der Waals surface area contributed by atoms with E-state index in [9.17, 15) is 4.79 Å². The van der Waals surface area contributed by atoms with Crippen molar-refractivity contribution in [2.24, 2.45) is 0 Å². The van der Waals surface area contributed by atoms with E-state index in [1.54, 1.807) is 14.2 Å². The predicted octanol–water partition coefficient (Wildman–Crippen LogP) is 2.87. The van der Waals surface area contributed by atoms with Gasteiger partial charge in [0, 0.05) is 13.2 Å². The number of benzene rings is 2. The fraction of sp³-hybridized carbons (Fsp3) is 0.435. The molecule has 3 rings (SSSR count). The van der Waals surface area contributed by atoms with Crippen LogP contribution in [0.2, 0.25) is 0 Å². The summed E-state index contributed by atoms with van der Waals surface area (Å²) in [4.78, 5) is 12.6. The Kier molecular flexibility index (Phi) is 7.90. The molecule has 0 spiro atoms. The van der Waals surface area contributed by atoms with Crippen LogP contribution in [-0.4, -0.2) is 45.9 Å². The van der Waals surface area contributed by atoms with Crippen LogP contribution in [0.3, 0.4) is 0 Å². The highest BCUT2D eigenvalue weighted by Gasteiger charge is 2.18. The molecule has 0 bridgehead atoms. The molecule has 1 aliphatic heterocycles. The van der Waals surface area contributed by atoms with Gasteiger partial charge in [0.2, 0.25) is 5.91 Å². The van der Waals surface area contributed by atoms with E-state index in [1.807, 2.05) is 48.5 Å². The van der Waals surface area contributed by atoms with E-state index >= 15 is 0 Å². The van der Waals surface area contributed by atoms with Crippen LogP contribution in [0, 0.1) is 0 Å². The molecule has 0 saturated carbocycles. The first-order valence-corrected chi connectivity index (χ1v) is 10.1. The Balaban J connectivity index is 1.62. The fourth-order valence-electron chi connectivity index (χ4n) is 3.48. The number of nitrogens with one attached hydrogen (secondary N) is 2. The van der Waals surface area contributed by atoms with Gasteiger partial charge in [-0.25, -0.2) is 0 Å².